The zero-order chi connectivity index (χ0) is 18.7. The van der Waals surface area contributed by atoms with Crippen molar-refractivity contribution in [3.8, 4) is 0 Å². The van der Waals surface area contributed by atoms with E-state index >= 15 is 0 Å². The molecule has 1 amide bonds. The van der Waals surface area contributed by atoms with Crippen LogP contribution in [0.2, 0.25) is 0 Å². The smallest absolute Gasteiger partial charge is 0.410 e. The molecule has 7 heteroatoms. The number of pyridine rings is 1. The lowest BCUT2D eigenvalue weighted by molar-refractivity contribution is 0.0210. The first-order valence-electron chi connectivity index (χ1n) is 9.39. The summed E-state index contributed by atoms with van der Waals surface area (Å²) >= 11 is 0. The van der Waals surface area contributed by atoms with E-state index in [4.69, 9.17) is 15.2 Å². The number of carbonyl (C=O) groups excluding carboxylic acids is 1. The average Bonchev–Trinajstić information content (AvgIpc) is 3.10. The summed E-state index contributed by atoms with van der Waals surface area (Å²) in [5.74, 6) is 0.917. The number of ether oxygens (including phenoxy) is 2. The predicted molar refractivity (Wildman–Crippen MR) is 101 cm³/mol. The monoisotopic (exact) mass is 362 g/mol. The minimum Gasteiger partial charge on any atom is -0.444 e. The Hall–Kier alpha value is -2.02. The lowest BCUT2D eigenvalue weighted by Gasteiger charge is -2.34. The molecule has 2 fully saturated rings. The highest BCUT2D eigenvalue weighted by molar-refractivity contribution is 5.68. The number of nitrogens with zero attached hydrogens (tertiary/aromatic N) is 2. The Bertz CT molecular complexity index is 630. The molecule has 7 nitrogen and oxygen atoms in total. The van der Waals surface area contributed by atoms with E-state index in [1.807, 2.05) is 27.0 Å². The highest BCUT2D eigenvalue weighted by Gasteiger charge is 2.27. The van der Waals surface area contributed by atoms with Gasteiger partial charge in [0.15, 0.2) is 0 Å². The SMILES string of the molecule is CC(C)(C)OC(=O)N1CCC(Nc2cc(C3CCOC3)cnc2N)CC1. The van der Waals surface area contributed by atoms with Crippen LogP contribution in [0.15, 0.2) is 12.3 Å². The van der Waals surface area contributed by atoms with Crippen LogP contribution in [0.5, 0.6) is 0 Å². The molecule has 144 valence electrons. The molecule has 1 unspecified atom stereocenters. The van der Waals surface area contributed by atoms with Gasteiger partial charge in [0.1, 0.15) is 11.4 Å². The van der Waals surface area contributed by atoms with Gasteiger partial charge in [0.25, 0.3) is 0 Å². The van der Waals surface area contributed by atoms with Gasteiger partial charge in [-0.25, -0.2) is 9.78 Å². The summed E-state index contributed by atoms with van der Waals surface area (Å²) in [7, 11) is 0. The van der Waals surface area contributed by atoms with E-state index in [9.17, 15) is 4.79 Å². The number of nitrogen functional groups attached to an aromatic ring is 1. The number of hydrogen-bond acceptors (Lipinski definition) is 6. The predicted octanol–water partition coefficient (Wildman–Crippen LogP) is 2.98. The third-order valence-electron chi connectivity index (χ3n) is 4.85. The molecule has 0 aromatic carbocycles. The number of anilines is 2. The maximum Gasteiger partial charge on any atom is 0.410 e. The van der Waals surface area contributed by atoms with Gasteiger partial charge in [-0.1, -0.05) is 0 Å². The Morgan fingerprint density at radius 1 is 1.35 bits per heavy atom. The average molecular weight is 362 g/mol. The molecule has 0 radical (unpaired) electrons. The molecule has 3 N–H and O–H groups in total. The topological polar surface area (TPSA) is 89.7 Å². The summed E-state index contributed by atoms with van der Waals surface area (Å²) in [6.45, 7) is 8.57. The van der Waals surface area contributed by atoms with E-state index in [0.29, 0.717) is 24.8 Å². The highest BCUT2D eigenvalue weighted by Crippen LogP contribution is 2.29. The fourth-order valence-corrected chi connectivity index (χ4v) is 3.38. The fourth-order valence-electron chi connectivity index (χ4n) is 3.38. The van der Waals surface area contributed by atoms with Gasteiger partial charge in [0.05, 0.1) is 12.3 Å². The molecule has 3 rings (SSSR count). The zero-order valence-electron chi connectivity index (χ0n) is 16.0. The number of rotatable bonds is 3. The van der Waals surface area contributed by atoms with Crippen molar-refractivity contribution in [1.82, 2.24) is 9.88 Å². The van der Waals surface area contributed by atoms with Crippen molar-refractivity contribution in [1.29, 1.82) is 0 Å². The number of hydrogen-bond donors (Lipinski definition) is 2. The van der Waals surface area contributed by atoms with Crippen LogP contribution in [0.3, 0.4) is 0 Å². The first-order valence-corrected chi connectivity index (χ1v) is 9.39. The van der Waals surface area contributed by atoms with E-state index in [1.165, 1.54) is 5.56 Å². The summed E-state index contributed by atoms with van der Waals surface area (Å²) in [6.07, 6.45) is 4.36. The van der Waals surface area contributed by atoms with Gasteiger partial charge >= 0.3 is 6.09 Å². The number of nitrogens with one attached hydrogen (secondary N) is 1. The van der Waals surface area contributed by atoms with E-state index in [-0.39, 0.29) is 12.1 Å². The fraction of sp³-hybridized carbons (Fsp3) is 0.684. The van der Waals surface area contributed by atoms with Gasteiger partial charge < -0.3 is 25.4 Å². The largest absolute Gasteiger partial charge is 0.444 e. The number of piperidine rings is 1. The highest BCUT2D eigenvalue weighted by atomic mass is 16.6. The molecule has 2 aliphatic rings. The molecule has 0 bridgehead atoms. The molecule has 0 aliphatic carbocycles. The van der Waals surface area contributed by atoms with Crippen LogP contribution >= 0.6 is 0 Å². The second kappa shape index (κ2) is 7.70. The normalized spacial score (nSPS) is 21.7. The van der Waals surface area contributed by atoms with Gasteiger partial charge in [-0.3, -0.25) is 0 Å². The maximum absolute atomic E-state index is 12.2. The molecule has 26 heavy (non-hydrogen) atoms. The summed E-state index contributed by atoms with van der Waals surface area (Å²) in [5.41, 5.74) is 7.65. The van der Waals surface area contributed by atoms with Crippen LogP contribution in [0.4, 0.5) is 16.3 Å². The van der Waals surface area contributed by atoms with Gasteiger partial charge in [-0.15, -0.1) is 0 Å². The Balaban J connectivity index is 1.56. The summed E-state index contributed by atoms with van der Waals surface area (Å²) < 4.78 is 10.9. The number of aromatic nitrogens is 1. The molecule has 0 saturated carbocycles. The van der Waals surface area contributed by atoms with Crippen molar-refractivity contribution >= 4 is 17.6 Å². The van der Waals surface area contributed by atoms with Gasteiger partial charge in [0.2, 0.25) is 0 Å². The van der Waals surface area contributed by atoms with Crippen LogP contribution in [0.25, 0.3) is 0 Å². The van der Waals surface area contributed by atoms with Crippen LogP contribution < -0.4 is 11.1 Å². The number of likely N-dealkylation sites (tertiary alicyclic amines) is 1. The molecular weight excluding hydrogens is 332 g/mol. The van der Waals surface area contributed by atoms with Crippen LogP contribution in [-0.4, -0.2) is 53.9 Å². The van der Waals surface area contributed by atoms with Crippen molar-refractivity contribution in [2.45, 2.75) is 57.6 Å². The number of amides is 1. The molecule has 3 heterocycles. The van der Waals surface area contributed by atoms with Crippen LogP contribution in [0, 0.1) is 0 Å². The maximum atomic E-state index is 12.2. The lowest BCUT2D eigenvalue weighted by atomic mass is 9.99. The number of nitrogens with two attached hydrogens (primary N) is 1. The Labute approximate surface area is 155 Å². The molecule has 1 aromatic rings. The molecule has 1 atom stereocenters. The quantitative estimate of drug-likeness (QED) is 0.859. The first-order chi connectivity index (χ1) is 12.3. The summed E-state index contributed by atoms with van der Waals surface area (Å²) in [4.78, 5) is 18.3. The van der Waals surface area contributed by atoms with Crippen LogP contribution in [-0.2, 0) is 9.47 Å². The van der Waals surface area contributed by atoms with Crippen molar-refractivity contribution < 1.29 is 14.3 Å². The lowest BCUT2D eigenvalue weighted by Crippen LogP contribution is -2.44. The molecule has 0 spiro atoms. The van der Waals surface area contributed by atoms with E-state index in [0.717, 1.165) is 38.2 Å². The second-order valence-electron chi connectivity index (χ2n) is 8.15. The minimum absolute atomic E-state index is 0.236. The zero-order valence-corrected chi connectivity index (χ0v) is 16.0. The molecular formula is C19H30N4O3. The van der Waals surface area contributed by atoms with Gasteiger partial charge in [-0.05, 0) is 51.7 Å². The standard InChI is InChI=1S/C19H30N4O3/c1-19(2,3)26-18(24)23-7-4-15(5-8-23)22-16-10-14(11-21-17(16)20)13-6-9-25-12-13/h10-11,13,15,22H,4-9,12H2,1-3H3,(H2,20,21). The third-order valence-corrected chi connectivity index (χ3v) is 4.85. The van der Waals surface area contributed by atoms with E-state index in [2.05, 4.69) is 16.4 Å². The summed E-state index contributed by atoms with van der Waals surface area (Å²) in [6, 6.07) is 2.37. The van der Waals surface area contributed by atoms with Crippen LogP contribution in [0.1, 0.15) is 51.5 Å². The Morgan fingerprint density at radius 2 is 2.08 bits per heavy atom. The summed E-state index contributed by atoms with van der Waals surface area (Å²) in [5, 5.41) is 3.51. The Kier molecular flexibility index (Phi) is 5.55. The molecule has 2 saturated heterocycles. The van der Waals surface area contributed by atoms with E-state index < -0.39 is 5.60 Å². The van der Waals surface area contributed by atoms with Crippen molar-refractivity contribution in [3.05, 3.63) is 17.8 Å². The molecule has 2 aliphatic heterocycles. The van der Waals surface area contributed by atoms with E-state index in [1.54, 1.807) is 4.90 Å². The van der Waals surface area contributed by atoms with Gasteiger partial charge in [0, 0.05) is 37.9 Å². The Morgan fingerprint density at radius 3 is 2.69 bits per heavy atom. The molecule has 1 aromatic heterocycles. The number of carbonyl (C=O) groups is 1. The van der Waals surface area contributed by atoms with Gasteiger partial charge in [-0.2, -0.15) is 0 Å². The van der Waals surface area contributed by atoms with Crippen molar-refractivity contribution in [3.63, 3.8) is 0 Å². The van der Waals surface area contributed by atoms with Crippen molar-refractivity contribution in [2.24, 2.45) is 0 Å². The second-order valence-corrected chi connectivity index (χ2v) is 8.15. The third kappa shape index (κ3) is 4.78. The van der Waals surface area contributed by atoms with Crippen molar-refractivity contribution in [2.75, 3.05) is 37.4 Å². The minimum atomic E-state index is -0.462. The first kappa shape index (κ1) is 18.8.